The van der Waals surface area contributed by atoms with E-state index in [4.69, 9.17) is 20.3 Å². The summed E-state index contributed by atoms with van der Waals surface area (Å²) in [4.78, 5) is 3.56. The van der Waals surface area contributed by atoms with Crippen molar-refractivity contribution in [3.05, 3.63) is 47.8 Å². The van der Waals surface area contributed by atoms with Gasteiger partial charge in [-0.3, -0.25) is 0 Å². The van der Waals surface area contributed by atoms with Gasteiger partial charge in [0.25, 0.3) is 0 Å². The van der Waals surface area contributed by atoms with Crippen molar-refractivity contribution in [2.45, 2.75) is 38.9 Å². The first kappa shape index (κ1) is 15.3. The molecule has 1 aromatic heterocycles. The lowest BCUT2D eigenvalue weighted by molar-refractivity contribution is 0.00578. The van der Waals surface area contributed by atoms with Gasteiger partial charge in [0.15, 0.2) is 0 Å². The highest BCUT2D eigenvalue weighted by molar-refractivity contribution is 6.65. The Morgan fingerprint density at radius 2 is 1.46 bits per heavy atom. The summed E-state index contributed by atoms with van der Waals surface area (Å²) in [7, 11) is -0.490. The minimum atomic E-state index is -0.490. The number of rotatable bonds is 1. The van der Waals surface area contributed by atoms with E-state index in [-0.39, 0.29) is 0 Å². The van der Waals surface area contributed by atoms with Crippen LogP contribution in [0.4, 0.5) is 5.69 Å². The molecule has 5 heteroatoms. The van der Waals surface area contributed by atoms with Gasteiger partial charge in [-0.05, 0) is 27.7 Å². The number of para-hydroxylation sites is 2. The Morgan fingerprint density at radius 3 is 2.08 bits per heavy atom. The molecule has 0 spiro atoms. The van der Waals surface area contributed by atoms with E-state index in [1.807, 2.05) is 58.0 Å². The third-order valence-corrected chi connectivity index (χ3v) is 5.16. The quantitative estimate of drug-likeness (QED) is 0.491. The van der Waals surface area contributed by atoms with Crippen molar-refractivity contribution in [1.29, 1.82) is 0 Å². The van der Waals surface area contributed by atoms with E-state index in [1.54, 1.807) is 6.07 Å². The number of nitrogens with zero attached hydrogens (tertiary/aromatic N) is 1. The van der Waals surface area contributed by atoms with Crippen LogP contribution in [-0.2, 0) is 9.31 Å². The molecule has 0 aliphatic carbocycles. The van der Waals surface area contributed by atoms with Crippen molar-refractivity contribution >= 4 is 40.2 Å². The predicted octanol–water partition coefficient (Wildman–Crippen LogP) is 4.44. The summed E-state index contributed by atoms with van der Waals surface area (Å²) < 4.78 is 18.4. The van der Waals surface area contributed by atoms with Crippen LogP contribution in [0.15, 0.2) is 40.8 Å². The van der Waals surface area contributed by atoms with Gasteiger partial charge in [0.1, 0.15) is 11.2 Å². The van der Waals surface area contributed by atoms with Gasteiger partial charge in [0.2, 0.25) is 5.69 Å². The first-order chi connectivity index (χ1) is 11.3. The lowest BCUT2D eigenvalue weighted by Crippen LogP contribution is -2.41. The maximum absolute atomic E-state index is 7.34. The fourth-order valence-corrected chi connectivity index (χ4v) is 3.07. The van der Waals surface area contributed by atoms with Crippen LogP contribution < -0.4 is 5.46 Å². The molecular formula is C19H18BNO3. The minimum absolute atomic E-state index is 0.409. The molecule has 0 amide bonds. The molecule has 1 saturated heterocycles. The topological polar surface area (TPSA) is 36.0 Å². The van der Waals surface area contributed by atoms with Gasteiger partial charge in [-0.25, -0.2) is 4.85 Å². The number of benzene rings is 2. The molecule has 2 aromatic carbocycles. The zero-order valence-corrected chi connectivity index (χ0v) is 14.2. The fraction of sp³-hybridized carbons (Fsp3) is 0.316. The largest absolute Gasteiger partial charge is 0.498 e. The van der Waals surface area contributed by atoms with Gasteiger partial charge in [-0.2, -0.15) is 0 Å². The van der Waals surface area contributed by atoms with Crippen molar-refractivity contribution < 1.29 is 13.7 Å². The molecule has 0 unspecified atom stereocenters. The average Bonchev–Trinajstić information content (AvgIpc) is 3.01. The van der Waals surface area contributed by atoms with Gasteiger partial charge in [0.05, 0.1) is 17.8 Å². The van der Waals surface area contributed by atoms with Crippen molar-refractivity contribution in [1.82, 2.24) is 0 Å². The SMILES string of the molecule is [C-]#[N+]c1cccc2c1oc1c(B3OC(C)(C)C(C)(C)O3)cccc12. The molecule has 3 aromatic rings. The summed E-state index contributed by atoms with van der Waals surface area (Å²) in [5.41, 5.74) is 1.90. The number of fused-ring (bicyclic) bond motifs is 3. The molecule has 2 heterocycles. The van der Waals surface area contributed by atoms with Crippen molar-refractivity contribution in [2.24, 2.45) is 0 Å². The molecule has 1 aliphatic rings. The van der Waals surface area contributed by atoms with E-state index < -0.39 is 18.3 Å². The fourth-order valence-electron chi connectivity index (χ4n) is 3.07. The summed E-state index contributed by atoms with van der Waals surface area (Å²) in [5, 5.41) is 1.92. The Morgan fingerprint density at radius 1 is 0.875 bits per heavy atom. The molecule has 4 rings (SSSR count). The van der Waals surface area contributed by atoms with Crippen LogP contribution >= 0.6 is 0 Å². The zero-order chi connectivity index (χ0) is 17.1. The Kier molecular flexibility index (Phi) is 3.09. The second-order valence-electron chi connectivity index (χ2n) is 7.18. The highest BCUT2D eigenvalue weighted by Crippen LogP contribution is 2.38. The summed E-state index contributed by atoms with van der Waals surface area (Å²) in [5.74, 6) is 0. The molecule has 0 N–H and O–H groups in total. The monoisotopic (exact) mass is 319 g/mol. The number of hydrogen-bond donors (Lipinski definition) is 0. The second-order valence-corrected chi connectivity index (χ2v) is 7.18. The number of furan rings is 1. The van der Waals surface area contributed by atoms with Crippen LogP contribution in [0, 0.1) is 6.57 Å². The molecule has 0 radical (unpaired) electrons. The highest BCUT2D eigenvalue weighted by Gasteiger charge is 2.52. The summed E-state index contributed by atoms with van der Waals surface area (Å²) in [6.07, 6.45) is 0. The maximum atomic E-state index is 7.34. The Labute approximate surface area is 141 Å². The van der Waals surface area contributed by atoms with Crippen LogP contribution in [0.2, 0.25) is 0 Å². The van der Waals surface area contributed by atoms with Crippen LogP contribution in [0.25, 0.3) is 26.8 Å². The van der Waals surface area contributed by atoms with Gasteiger partial charge >= 0.3 is 7.12 Å². The van der Waals surface area contributed by atoms with Gasteiger partial charge < -0.3 is 13.7 Å². The zero-order valence-electron chi connectivity index (χ0n) is 14.2. The molecular weight excluding hydrogens is 301 g/mol. The van der Waals surface area contributed by atoms with E-state index in [0.717, 1.165) is 21.8 Å². The third kappa shape index (κ3) is 2.00. The van der Waals surface area contributed by atoms with E-state index >= 15 is 0 Å². The summed E-state index contributed by atoms with van der Waals surface area (Å²) >= 11 is 0. The van der Waals surface area contributed by atoms with Crippen LogP contribution in [0.5, 0.6) is 0 Å². The van der Waals surface area contributed by atoms with Crippen LogP contribution in [0.1, 0.15) is 27.7 Å². The van der Waals surface area contributed by atoms with Crippen molar-refractivity contribution in [3.63, 3.8) is 0 Å². The molecule has 24 heavy (non-hydrogen) atoms. The standard InChI is InChI=1S/C19H18BNO3/c1-18(2)19(3,4)24-20(23-18)14-10-6-8-12-13-9-7-11-15(21-5)17(13)22-16(12)14/h6-11H,1-4H3. The van der Waals surface area contributed by atoms with E-state index in [9.17, 15) is 0 Å². The number of hydrogen-bond acceptors (Lipinski definition) is 3. The van der Waals surface area contributed by atoms with Crippen LogP contribution in [0.3, 0.4) is 0 Å². The first-order valence-electron chi connectivity index (χ1n) is 8.01. The van der Waals surface area contributed by atoms with Crippen molar-refractivity contribution in [3.8, 4) is 0 Å². The Hall–Kier alpha value is -2.29. The highest BCUT2D eigenvalue weighted by atomic mass is 16.7. The van der Waals surface area contributed by atoms with E-state index in [0.29, 0.717) is 11.3 Å². The summed E-state index contributed by atoms with van der Waals surface area (Å²) in [6, 6.07) is 11.6. The maximum Gasteiger partial charge on any atom is 0.498 e. The minimum Gasteiger partial charge on any atom is -0.468 e. The molecule has 120 valence electrons. The smallest absolute Gasteiger partial charge is 0.468 e. The normalized spacial score (nSPS) is 19.0. The first-order valence-corrected chi connectivity index (χ1v) is 8.01. The molecule has 4 nitrogen and oxygen atoms in total. The van der Waals surface area contributed by atoms with Gasteiger partial charge in [0, 0.05) is 16.2 Å². The van der Waals surface area contributed by atoms with Crippen molar-refractivity contribution in [2.75, 3.05) is 0 Å². The third-order valence-electron chi connectivity index (χ3n) is 5.16. The molecule has 0 saturated carbocycles. The Bertz CT molecular complexity index is 981. The predicted molar refractivity (Wildman–Crippen MR) is 95.7 cm³/mol. The lowest BCUT2D eigenvalue weighted by atomic mass is 9.78. The van der Waals surface area contributed by atoms with Gasteiger partial charge in [-0.15, -0.1) is 0 Å². The lowest BCUT2D eigenvalue weighted by Gasteiger charge is -2.32. The second kappa shape index (κ2) is 4.86. The van der Waals surface area contributed by atoms with Gasteiger partial charge in [-0.1, -0.05) is 36.4 Å². The van der Waals surface area contributed by atoms with Crippen LogP contribution in [-0.4, -0.2) is 18.3 Å². The average molecular weight is 319 g/mol. The molecule has 1 aliphatic heterocycles. The summed E-state index contributed by atoms with van der Waals surface area (Å²) in [6.45, 7) is 15.5. The van der Waals surface area contributed by atoms with E-state index in [1.165, 1.54) is 0 Å². The Balaban J connectivity index is 1.94. The molecule has 0 bridgehead atoms. The van der Waals surface area contributed by atoms with E-state index in [2.05, 4.69) is 4.85 Å². The molecule has 0 atom stereocenters. The molecule has 1 fully saturated rings.